The van der Waals surface area contributed by atoms with Gasteiger partial charge in [-0.1, -0.05) is 31.2 Å². The largest absolute Gasteiger partial charge is 0.383 e. The Balaban J connectivity index is 1.77. The number of benzene rings is 1. The van der Waals surface area contributed by atoms with Gasteiger partial charge in [-0.25, -0.2) is 0 Å². The van der Waals surface area contributed by atoms with Crippen LogP contribution >= 0.6 is 0 Å². The zero-order valence-corrected chi connectivity index (χ0v) is 16.2. The number of piperidine rings is 1. The van der Waals surface area contributed by atoms with Gasteiger partial charge in [0.15, 0.2) is 5.96 Å². The number of rotatable bonds is 7. The third-order valence-electron chi connectivity index (χ3n) is 4.79. The highest BCUT2D eigenvalue weighted by Crippen LogP contribution is 2.18. The van der Waals surface area contributed by atoms with Crippen LogP contribution in [0.15, 0.2) is 29.3 Å². The second-order valence-electron chi connectivity index (χ2n) is 7.20. The summed E-state index contributed by atoms with van der Waals surface area (Å²) in [6, 6.07) is 9.14. The minimum absolute atomic E-state index is 0.228. The van der Waals surface area contributed by atoms with Gasteiger partial charge >= 0.3 is 0 Å². The van der Waals surface area contributed by atoms with Crippen LogP contribution in [0.3, 0.4) is 0 Å². The molecule has 1 aliphatic heterocycles. The Hall–Kier alpha value is -1.59. The standard InChI is InChI=1S/C20H34N4O/c1-16-9-11-24(12-10-16)14-19-7-5-18(6-8-19)13-22-20(21-3)23-17(2)15-25-4/h5-8,16-17H,9-15H2,1-4H3,(H2,21,22,23). The summed E-state index contributed by atoms with van der Waals surface area (Å²) in [6.07, 6.45) is 2.66. The average Bonchev–Trinajstić information content (AvgIpc) is 2.62. The number of hydrogen-bond acceptors (Lipinski definition) is 3. The highest BCUT2D eigenvalue weighted by atomic mass is 16.5. The number of likely N-dealkylation sites (tertiary alicyclic amines) is 1. The second-order valence-corrected chi connectivity index (χ2v) is 7.20. The molecule has 1 aromatic carbocycles. The summed E-state index contributed by atoms with van der Waals surface area (Å²) in [4.78, 5) is 6.82. The molecule has 2 rings (SSSR count). The normalized spacial score (nSPS) is 18.2. The first-order chi connectivity index (χ1) is 12.1. The van der Waals surface area contributed by atoms with E-state index >= 15 is 0 Å². The Morgan fingerprint density at radius 1 is 1.24 bits per heavy atom. The van der Waals surface area contributed by atoms with Gasteiger partial charge in [-0.15, -0.1) is 0 Å². The number of nitrogens with one attached hydrogen (secondary N) is 2. The lowest BCUT2D eigenvalue weighted by molar-refractivity contribution is 0.179. The van der Waals surface area contributed by atoms with Crippen LogP contribution in [0, 0.1) is 5.92 Å². The molecular formula is C20H34N4O. The quantitative estimate of drug-likeness (QED) is 0.589. The van der Waals surface area contributed by atoms with Crippen molar-refractivity contribution >= 4 is 5.96 Å². The molecule has 5 nitrogen and oxygen atoms in total. The fraction of sp³-hybridized carbons (Fsp3) is 0.650. The maximum Gasteiger partial charge on any atom is 0.191 e. The third-order valence-corrected chi connectivity index (χ3v) is 4.79. The summed E-state index contributed by atoms with van der Waals surface area (Å²) in [6.45, 7) is 9.38. The summed E-state index contributed by atoms with van der Waals surface area (Å²) in [5.74, 6) is 1.69. The van der Waals surface area contributed by atoms with Gasteiger partial charge in [-0.2, -0.15) is 0 Å². The van der Waals surface area contributed by atoms with Crippen molar-refractivity contribution in [2.45, 2.75) is 45.8 Å². The van der Waals surface area contributed by atoms with Crippen LogP contribution in [0.4, 0.5) is 0 Å². The van der Waals surface area contributed by atoms with E-state index in [9.17, 15) is 0 Å². The van der Waals surface area contributed by atoms with Gasteiger partial charge in [0.1, 0.15) is 0 Å². The molecule has 2 N–H and O–H groups in total. The number of ether oxygens (including phenoxy) is 1. The first-order valence-electron chi connectivity index (χ1n) is 9.37. The number of hydrogen-bond donors (Lipinski definition) is 2. The van der Waals surface area contributed by atoms with Crippen LogP contribution < -0.4 is 10.6 Å². The van der Waals surface area contributed by atoms with Crippen LogP contribution in [-0.4, -0.2) is 50.8 Å². The molecule has 1 saturated heterocycles. The molecule has 5 heteroatoms. The lowest BCUT2D eigenvalue weighted by Crippen LogP contribution is -2.43. The lowest BCUT2D eigenvalue weighted by atomic mass is 9.99. The first-order valence-corrected chi connectivity index (χ1v) is 9.37. The zero-order valence-electron chi connectivity index (χ0n) is 16.2. The fourth-order valence-corrected chi connectivity index (χ4v) is 3.15. The zero-order chi connectivity index (χ0) is 18.1. The van der Waals surface area contributed by atoms with E-state index in [1.54, 1.807) is 14.2 Å². The fourth-order valence-electron chi connectivity index (χ4n) is 3.15. The number of methoxy groups -OCH3 is 1. The topological polar surface area (TPSA) is 48.9 Å². The Morgan fingerprint density at radius 2 is 1.88 bits per heavy atom. The van der Waals surface area contributed by atoms with E-state index in [1.807, 2.05) is 0 Å². The number of guanidine groups is 1. The minimum Gasteiger partial charge on any atom is -0.383 e. The van der Waals surface area contributed by atoms with E-state index < -0.39 is 0 Å². The van der Waals surface area contributed by atoms with Gasteiger partial charge in [0.25, 0.3) is 0 Å². The average molecular weight is 347 g/mol. The van der Waals surface area contributed by atoms with Crippen LogP contribution in [-0.2, 0) is 17.8 Å². The van der Waals surface area contributed by atoms with Crippen molar-refractivity contribution < 1.29 is 4.74 Å². The molecule has 0 amide bonds. The van der Waals surface area contributed by atoms with Gasteiger partial charge in [-0.3, -0.25) is 9.89 Å². The van der Waals surface area contributed by atoms with E-state index in [-0.39, 0.29) is 6.04 Å². The Kier molecular flexibility index (Phi) is 8.22. The molecule has 0 aliphatic carbocycles. The van der Waals surface area contributed by atoms with Crippen molar-refractivity contribution in [2.24, 2.45) is 10.9 Å². The van der Waals surface area contributed by atoms with E-state index in [0.717, 1.165) is 25.0 Å². The summed E-state index contributed by atoms with van der Waals surface area (Å²) in [5, 5.41) is 6.67. The summed E-state index contributed by atoms with van der Waals surface area (Å²) in [5.41, 5.74) is 2.66. The smallest absolute Gasteiger partial charge is 0.191 e. The highest BCUT2D eigenvalue weighted by Gasteiger charge is 2.15. The molecule has 1 atom stereocenters. The molecular weight excluding hydrogens is 312 g/mol. The first kappa shape index (κ1) is 19.7. The van der Waals surface area contributed by atoms with Gasteiger partial charge < -0.3 is 15.4 Å². The van der Waals surface area contributed by atoms with Crippen molar-refractivity contribution in [3.05, 3.63) is 35.4 Å². The van der Waals surface area contributed by atoms with Crippen molar-refractivity contribution in [2.75, 3.05) is 33.9 Å². The third kappa shape index (κ3) is 7.04. The van der Waals surface area contributed by atoms with E-state index in [4.69, 9.17) is 4.74 Å². The van der Waals surface area contributed by atoms with Gasteiger partial charge in [0.2, 0.25) is 0 Å². The van der Waals surface area contributed by atoms with Crippen LogP contribution in [0.2, 0.25) is 0 Å². The predicted molar refractivity (Wildman–Crippen MR) is 105 cm³/mol. The van der Waals surface area contributed by atoms with E-state index in [1.165, 1.54) is 37.1 Å². The summed E-state index contributed by atoms with van der Waals surface area (Å²) >= 11 is 0. The van der Waals surface area contributed by atoms with E-state index in [2.05, 4.69) is 58.6 Å². The Morgan fingerprint density at radius 3 is 2.48 bits per heavy atom. The molecule has 1 aromatic rings. The van der Waals surface area contributed by atoms with Gasteiger partial charge in [0.05, 0.1) is 6.61 Å². The SMILES string of the molecule is CN=C(NCc1ccc(CN2CCC(C)CC2)cc1)NC(C)COC. The molecule has 0 aromatic heterocycles. The maximum absolute atomic E-state index is 5.14. The minimum atomic E-state index is 0.228. The molecule has 1 heterocycles. The van der Waals surface area contributed by atoms with Crippen LogP contribution in [0.1, 0.15) is 37.8 Å². The molecule has 0 radical (unpaired) electrons. The summed E-state index contributed by atoms with van der Waals surface area (Å²) < 4.78 is 5.14. The van der Waals surface area contributed by atoms with Crippen molar-refractivity contribution in [3.8, 4) is 0 Å². The van der Waals surface area contributed by atoms with Crippen molar-refractivity contribution in [3.63, 3.8) is 0 Å². The molecule has 140 valence electrons. The van der Waals surface area contributed by atoms with Gasteiger partial charge in [-0.05, 0) is 49.9 Å². The Bertz CT molecular complexity index is 521. The molecule has 1 aliphatic rings. The Labute approximate surface area is 152 Å². The van der Waals surface area contributed by atoms with Crippen molar-refractivity contribution in [1.82, 2.24) is 15.5 Å². The van der Waals surface area contributed by atoms with Gasteiger partial charge in [0, 0.05) is 33.3 Å². The lowest BCUT2D eigenvalue weighted by Gasteiger charge is -2.30. The molecule has 0 spiro atoms. The number of nitrogens with zero attached hydrogens (tertiary/aromatic N) is 2. The van der Waals surface area contributed by atoms with Crippen molar-refractivity contribution in [1.29, 1.82) is 0 Å². The van der Waals surface area contributed by atoms with Crippen LogP contribution in [0.5, 0.6) is 0 Å². The molecule has 0 saturated carbocycles. The number of aliphatic imine (C=N–C) groups is 1. The molecule has 1 fully saturated rings. The van der Waals surface area contributed by atoms with Crippen LogP contribution in [0.25, 0.3) is 0 Å². The monoisotopic (exact) mass is 346 g/mol. The molecule has 25 heavy (non-hydrogen) atoms. The highest BCUT2D eigenvalue weighted by molar-refractivity contribution is 5.79. The second kappa shape index (κ2) is 10.4. The molecule has 1 unspecified atom stereocenters. The predicted octanol–water partition coefficient (Wildman–Crippen LogP) is 2.62. The molecule has 0 bridgehead atoms. The maximum atomic E-state index is 5.14. The van der Waals surface area contributed by atoms with E-state index in [0.29, 0.717) is 6.61 Å². The summed E-state index contributed by atoms with van der Waals surface area (Å²) in [7, 11) is 3.50.